The Bertz CT molecular complexity index is 243. The van der Waals surface area contributed by atoms with Crippen LogP contribution in [0.2, 0.25) is 0 Å². The van der Waals surface area contributed by atoms with Crippen molar-refractivity contribution in [2.24, 2.45) is 5.73 Å². The van der Waals surface area contributed by atoms with Gasteiger partial charge in [0.1, 0.15) is 0 Å². The highest BCUT2D eigenvalue weighted by molar-refractivity contribution is 5.24. The monoisotopic (exact) mass is 179 g/mol. The van der Waals surface area contributed by atoms with Gasteiger partial charge in [-0.05, 0) is 31.4 Å². The molecule has 1 rings (SSSR count). The summed E-state index contributed by atoms with van der Waals surface area (Å²) in [6.45, 7) is 2.87. The largest absolute Gasteiger partial charge is 0.396 e. The van der Waals surface area contributed by atoms with E-state index in [4.69, 9.17) is 10.8 Å². The Kier molecular flexibility index (Phi) is 3.93. The number of hydrogen-bond acceptors (Lipinski definition) is 2. The highest BCUT2D eigenvalue weighted by atomic mass is 16.3. The Balaban J connectivity index is 2.73. The average Bonchev–Trinajstić information content (AvgIpc) is 2.16. The van der Waals surface area contributed by atoms with Crippen LogP contribution in [0.25, 0.3) is 0 Å². The van der Waals surface area contributed by atoms with E-state index in [1.807, 2.05) is 0 Å². The summed E-state index contributed by atoms with van der Waals surface area (Å²) in [5, 5.41) is 8.83. The minimum absolute atomic E-state index is 0.204. The van der Waals surface area contributed by atoms with Gasteiger partial charge in [0.15, 0.2) is 0 Å². The van der Waals surface area contributed by atoms with Crippen LogP contribution in [0.4, 0.5) is 0 Å². The summed E-state index contributed by atoms with van der Waals surface area (Å²) in [5.74, 6) is 0.297. The zero-order chi connectivity index (χ0) is 9.68. The van der Waals surface area contributed by atoms with Crippen molar-refractivity contribution in [1.29, 1.82) is 0 Å². The van der Waals surface area contributed by atoms with Gasteiger partial charge in [0.05, 0.1) is 0 Å². The molecule has 0 saturated heterocycles. The number of aryl methyl sites for hydroxylation is 1. The minimum atomic E-state index is 0.204. The lowest BCUT2D eigenvalue weighted by atomic mass is 9.95. The van der Waals surface area contributed by atoms with Gasteiger partial charge in [-0.15, -0.1) is 0 Å². The molecule has 0 aromatic heterocycles. The molecule has 0 aliphatic carbocycles. The van der Waals surface area contributed by atoms with Crippen LogP contribution in [-0.4, -0.2) is 18.3 Å². The lowest BCUT2D eigenvalue weighted by Gasteiger charge is -2.13. The van der Waals surface area contributed by atoms with Crippen LogP contribution in [0.3, 0.4) is 0 Å². The van der Waals surface area contributed by atoms with E-state index in [0.29, 0.717) is 12.5 Å². The fraction of sp³-hybridized carbons (Fsp3) is 0.455. The molecule has 0 fully saturated rings. The summed E-state index contributed by atoms with van der Waals surface area (Å²) in [6.07, 6.45) is 0.750. The van der Waals surface area contributed by atoms with Crippen molar-refractivity contribution in [2.45, 2.75) is 19.3 Å². The first-order chi connectivity index (χ1) is 6.27. The molecule has 72 valence electrons. The SMILES string of the molecule is Cc1ccc(C(CN)CCO)cc1. The maximum atomic E-state index is 8.83. The van der Waals surface area contributed by atoms with E-state index in [1.54, 1.807) is 0 Å². The first-order valence-corrected chi connectivity index (χ1v) is 4.65. The van der Waals surface area contributed by atoms with E-state index >= 15 is 0 Å². The highest BCUT2D eigenvalue weighted by Gasteiger charge is 2.07. The first-order valence-electron chi connectivity index (χ1n) is 4.65. The van der Waals surface area contributed by atoms with E-state index in [2.05, 4.69) is 31.2 Å². The van der Waals surface area contributed by atoms with Gasteiger partial charge in [0.2, 0.25) is 0 Å². The predicted molar refractivity (Wildman–Crippen MR) is 54.7 cm³/mol. The third kappa shape index (κ3) is 2.83. The molecular weight excluding hydrogens is 162 g/mol. The molecule has 0 amide bonds. The van der Waals surface area contributed by atoms with Gasteiger partial charge in [0.25, 0.3) is 0 Å². The zero-order valence-corrected chi connectivity index (χ0v) is 8.03. The highest BCUT2D eigenvalue weighted by Crippen LogP contribution is 2.18. The molecule has 1 aromatic carbocycles. The third-order valence-corrected chi connectivity index (χ3v) is 2.31. The lowest BCUT2D eigenvalue weighted by Crippen LogP contribution is -2.13. The van der Waals surface area contributed by atoms with E-state index in [-0.39, 0.29) is 6.61 Å². The zero-order valence-electron chi connectivity index (χ0n) is 8.03. The number of rotatable bonds is 4. The second-order valence-electron chi connectivity index (χ2n) is 3.36. The summed E-state index contributed by atoms with van der Waals surface area (Å²) >= 11 is 0. The van der Waals surface area contributed by atoms with Crippen LogP contribution in [-0.2, 0) is 0 Å². The van der Waals surface area contributed by atoms with Gasteiger partial charge in [-0.1, -0.05) is 29.8 Å². The molecule has 0 heterocycles. The van der Waals surface area contributed by atoms with E-state index in [9.17, 15) is 0 Å². The molecule has 1 atom stereocenters. The Morgan fingerprint density at radius 2 is 1.92 bits per heavy atom. The van der Waals surface area contributed by atoms with Crippen molar-refractivity contribution in [1.82, 2.24) is 0 Å². The van der Waals surface area contributed by atoms with Crippen molar-refractivity contribution >= 4 is 0 Å². The molecule has 2 nitrogen and oxygen atoms in total. The number of nitrogens with two attached hydrogens (primary N) is 1. The molecule has 0 spiro atoms. The second-order valence-corrected chi connectivity index (χ2v) is 3.36. The Morgan fingerprint density at radius 3 is 2.38 bits per heavy atom. The van der Waals surface area contributed by atoms with E-state index in [0.717, 1.165) is 6.42 Å². The van der Waals surface area contributed by atoms with Crippen molar-refractivity contribution < 1.29 is 5.11 Å². The van der Waals surface area contributed by atoms with E-state index in [1.165, 1.54) is 11.1 Å². The second kappa shape index (κ2) is 5.00. The van der Waals surface area contributed by atoms with Crippen LogP contribution in [0.15, 0.2) is 24.3 Å². The van der Waals surface area contributed by atoms with E-state index < -0.39 is 0 Å². The third-order valence-electron chi connectivity index (χ3n) is 2.31. The molecule has 0 aliphatic heterocycles. The Hall–Kier alpha value is -0.860. The van der Waals surface area contributed by atoms with Crippen molar-refractivity contribution in [3.05, 3.63) is 35.4 Å². The van der Waals surface area contributed by atoms with Crippen LogP contribution >= 0.6 is 0 Å². The van der Waals surface area contributed by atoms with Crippen LogP contribution in [0.5, 0.6) is 0 Å². The number of hydrogen-bond donors (Lipinski definition) is 2. The van der Waals surface area contributed by atoms with Crippen LogP contribution in [0, 0.1) is 6.92 Å². The fourth-order valence-corrected chi connectivity index (χ4v) is 1.42. The molecule has 0 bridgehead atoms. The van der Waals surface area contributed by atoms with Crippen LogP contribution < -0.4 is 5.73 Å². The van der Waals surface area contributed by atoms with Gasteiger partial charge < -0.3 is 10.8 Å². The predicted octanol–water partition coefficient (Wildman–Crippen LogP) is 1.42. The number of aliphatic hydroxyl groups excluding tert-OH is 1. The molecule has 0 radical (unpaired) electrons. The van der Waals surface area contributed by atoms with Gasteiger partial charge in [-0.3, -0.25) is 0 Å². The number of aliphatic hydroxyl groups is 1. The molecule has 13 heavy (non-hydrogen) atoms. The van der Waals surface area contributed by atoms with Crippen molar-refractivity contribution in [3.63, 3.8) is 0 Å². The number of benzene rings is 1. The summed E-state index contributed by atoms with van der Waals surface area (Å²) < 4.78 is 0. The maximum Gasteiger partial charge on any atom is 0.0437 e. The summed E-state index contributed by atoms with van der Waals surface area (Å²) in [6, 6.07) is 8.33. The summed E-state index contributed by atoms with van der Waals surface area (Å²) in [4.78, 5) is 0. The standard InChI is InChI=1S/C11H17NO/c1-9-2-4-10(5-3-9)11(8-12)6-7-13/h2-5,11,13H,6-8,12H2,1H3. The molecule has 0 aliphatic rings. The smallest absolute Gasteiger partial charge is 0.0437 e. The average molecular weight is 179 g/mol. The van der Waals surface area contributed by atoms with Gasteiger partial charge >= 0.3 is 0 Å². The summed E-state index contributed by atoms with van der Waals surface area (Å²) in [7, 11) is 0. The molecule has 1 unspecified atom stereocenters. The molecule has 0 saturated carbocycles. The Morgan fingerprint density at radius 1 is 1.31 bits per heavy atom. The topological polar surface area (TPSA) is 46.2 Å². The molecule has 2 heteroatoms. The fourth-order valence-electron chi connectivity index (χ4n) is 1.42. The van der Waals surface area contributed by atoms with Gasteiger partial charge in [0, 0.05) is 6.61 Å². The lowest BCUT2D eigenvalue weighted by molar-refractivity contribution is 0.276. The van der Waals surface area contributed by atoms with Gasteiger partial charge in [-0.2, -0.15) is 0 Å². The normalized spacial score (nSPS) is 12.8. The Labute approximate surface area is 79.4 Å². The molecule has 1 aromatic rings. The first kappa shape index (κ1) is 10.2. The minimum Gasteiger partial charge on any atom is -0.396 e. The summed E-state index contributed by atoms with van der Waals surface area (Å²) in [5.41, 5.74) is 8.10. The van der Waals surface area contributed by atoms with Crippen molar-refractivity contribution in [3.8, 4) is 0 Å². The van der Waals surface area contributed by atoms with Crippen molar-refractivity contribution in [2.75, 3.05) is 13.2 Å². The quantitative estimate of drug-likeness (QED) is 0.734. The maximum absolute atomic E-state index is 8.83. The van der Waals surface area contributed by atoms with Gasteiger partial charge in [-0.25, -0.2) is 0 Å². The molecule has 3 N–H and O–H groups in total. The van der Waals surface area contributed by atoms with Crippen LogP contribution in [0.1, 0.15) is 23.5 Å². The molecular formula is C11H17NO.